The Hall–Kier alpha value is -1.22. The first-order valence-electron chi connectivity index (χ1n) is 5.48. The summed E-state index contributed by atoms with van der Waals surface area (Å²) >= 11 is 0. The van der Waals surface area contributed by atoms with E-state index in [1.165, 1.54) is 0 Å². The van der Waals surface area contributed by atoms with Crippen LogP contribution in [0.3, 0.4) is 0 Å². The maximum Gasteiger partial charge on any atom is 0.164 e. The Bertz CT molecular complexity index is 323. The number of para-hydroxylation sites is 1. The van der Waals surface area contributed by atoms with Gasteiger partial charge in [-0.25, -0.2) is 0 Å². The Morgan fingerprint density at radius 3 is 2.69 bits per heavy atom. The van der Waals surface area contributed by atoms with Gasteiger partial charge in [0.2, 0.25) is 0 Å². The van der Waals surface area contributed by atoms with Gasteiger partial charge < -0.3 is 14.6 Å². The summed E-state index contributed by atoms with van der Waals surface area (Å²) in [6, 6.07) is 5.70. The third-order valence-electron chi connectivity index (χ3n) is 2.34. The molecule has 3 nitrogen and oxygen atoms in total. The van der Waals surface area contributed by atoms with Crippen molar-refractivity contribution in [3.8, 4) is 11.5 Å². The van der Waals surface area contributed by atoms with Gasteiger partial charge in [0, 0.05) is 11.5 Å². The zero-order valence-corrected chi connectivity index (χ0v) is 10.1. The van der Waals surface area contributed by atoms with Crippen LogP contribution >= 0.6 is 0 Å². The quantitative estimate of drug-likeness (QED) is 0.805. The Morgan fingerprint density at radius 2 is 2.12 bits per heavy atom. The summed E-state index contributed by atoms with van der Waals surface area (Å²) in [5, 5.41) is 9.14. The van der Waals surface area contributed by atoms with Gasteiger partial charge in [-0.05, 0) is 12.5 Å². The van der Waals surface area contributed by atoms with E-state index in [9.17, 15) is 0 Å². The smallest absolute Gasteiger partial charge is 0.164 e. The maximum atomic E-state index is 9.14. The molecule has 0 bridgehead atoms. The number of rotatable bonds is 6. The fraction of sp³-hybridized carbons (Fsp3) is 0.462. The molecule has 1 N–H and O–H groups in total. The zero-order chi connectivity index (χ0) is 12.0. The van der Waals surface area contributed by atoms with Crippen molar-refractivity contribution < 1.29 is 14.6 Å². The molecule has 0 aliphatic heterocycles. The van der Waals surface area contributed by atoms with Crippen molar-refractivity contribution in [2.24, 2.45) is 0 Å². The van der Waals surface area contributed by atoms with Crippen molar-refractivity contribution in [3.05, 3.63) is 29.7 Å². The van der Waals surface area contributed by atoms with Gasteiger partial charge in [-0.2, -0.15) is 0 Å². The van der Waals surface area contributed by atoms with Crippen molar-refractivity contribution in [2.45, 2.75) is 20.3 Å². The van der Waals surface area contributed by atoms with Crippen LogP contribution in [0.2, 0.25) is 0 Å². The lowest BCUT2D eigenvalue weighted by Crippen LogP contribution is -2.05. The summed E-state index contributed by atoms with van der Waals surface area (Å²) in [6.07, 6.45) is 0.954. The zero-order valence-electron chi connectivity index (χ0n) is 10.1. The molecule has 0 amide bonds. The van der Waals surface area contributed by atoms with Crippen LogP contribution in [0, 0.1) is 5.92 Å². The molecular formula is C13H19O3. The molecule has 0 saturated carbocycles. The standard InChI is InChI=1S/C13H19O3/c1-4-8-16-12-7-5-6-11(10(2)9-14)13(12)15-3/h5-7,14H,4,8-9H2,1-3H3. The van der Waals surface area contributed by atoms with E-state index in [2.05, 4.69) is 6.92 Å². The Kier molecular flexibility index (Phi) is 5.12. The first-order valence-corrected chi connectivity index (χ1v) is 5.48. The van der Waals surface area contributed by atoms with E-state index in [0.717, 1.165) is 23.7 Å². The molecule has 3 heteroatoms. The van der Waals surface area contributed by atoms with E-state index in [1.807, 2.05) is 25.1 Å². The Labute approximate surface area is 97.0 Å². The predicted molar refractivity (Wildman–Crippen MR) is 63.9 cm³/mol. The lowest BCUT2D eigenvalue weighted by Gasteiger charge is -2.16. The minimum atomic E-state index is 0.0214. The molecule has 1 radical (unpaired) electrons. The average Bonchev–Trinajstić information content (AvgIpc) is 2.34. The fourth-order valence-electron chi connectivity index (χ4n) is 1.47. The van der Waals surface area contributed by atoms with E-state index in [0.29, 0.717) is 12.4 Å². The molecule has 0 unspecified atom stereocenters. The van der Waals surface area contributed by atoms with Crippen LogP contribution in [0.1, 0.15) is 25.8 Å². The van der Waals surface area contributed by atoms with Crippen molar-refractivity contribution in [3.63, 3.8) is 0 Å². The molecule has 1 rings (SSSR count). The van der Waals surface area contributed by atoms with Gasteiger partial charge in [0.15, 0.2) is 11.5 Å². The van der Waals surface area contributed by atoms with Crippen LogP contribution in [-0.2, 0) is 0 Å². The summed E-state index contributed by atoms with van der Waals surface area (Å²) in [5.74, 6) is 2.30. The van der Waals surface area contributed by atoms with Gasteiger partial charge in [-0.3, -0.25) is 0 Å². The van der Waals surface area contributed by atoms with Crippen LogP contribution in [0.5, 0.6) is 11.5 Å². The molecule has 1 aromatic rings. The normalized spacial score (nSPS) is 10.6. The molecule has 1 aromatic carbocycles. The molecule has 0 atom stereocenters. The van der Waals surface area contributed by atoms with Gasteiger partial charge in [0.1, 0.15) is 0 Å². The molecule has 0 aliphatic carbocycles. The molecule has 0 heterocycles. The van der Waals surface area contributed by atoms with Crippen LogP contribution in [0.25, 0.3) is 0 Å². The van der Waals surface area contributed by atoms with Crippen LogP contribution < -0.4 is 9.47 Å². The van der Waals surface area contributed by atoms with Gasteiger partial charge in [0.25, 0.3) is 0 Å². The molecule has 16 heavy (non-hydrogen) atoms. The lowest BCUT2D eigenvalue weighted by atomic mass is 10.0. The molecule has 0 aromatic heterocycles. The minimum absolute atomic E-state index is 0.0214. The number of aliphatic hydroxyl groups excluding tert-OH is 1. The molecule has 0 aliphatic rings. The second-order valence-corrected chi connectivity index (χ2v) is 3.62. The van der Waals surface area contributed by atoms with Gasteiger partial charge in [-0.1, -0.05) is 26.0 Å². The van der Waals surface area contributed by atoms with E-state index in [-0.39, 0.29) is 6.61 Å². The second-order valence-electron chi connectivity index (χ2n) is 3.62. The monoisotopic (exact) mass is 223 g/mol. The van der Waals surface area contributed by atoms with E-state index < -0.39 is 0 Å². The summed E-state index contributed by atoms with van der Waals surface area (Å²) in [7, 11) is 1.61. The first kappa shape index (κ1) is 12.8. The van der Waals surface area contributed by atoms with Crippen molar-refractivity contribution in [1.82, 2.24) is 0 Å². The third kappa shape index (κ3) is 2.89. The van der Waals surface area contributed by atoms with Gasteiger partial charge in [-0.15, -0.1) is 0 Å². The first-order chi connectivity index (χ1) is 7.74. The lowest BCUT2D eigenvalue weighted by molar-refractivity contribution is 0.289. The number of ether oxygens (including phenoxy) is 2. The van der Waals surface area contributed by atoms with Gasteiger partial charge in [0.05, 0.1) is 20.3 Å². The summed E-state index contributed by atoms with van der Waals surface area (Å²) in [4.78, 5) is 0. The third-order valence-corrected chi connectivity index (χ3v) is 2.34. The van der Waals surface area contributed by atoms with Crippen molar-refractivity contribution in [2.75, 3.05) is 20.3 Å². The number of aliphatic hydroxyl groups is 1. The number of hydrogen-bond acceptors (Lipinski definition) is 3. The number of benzene rings is 1. The molecular weight excluding hydrogens is 204 g/mol. The van der Waals surface area contributed by atoms with E-state index >= 15 is 0 Å². The SMILES string of the molecule is CCCOc1cccc([C](C)CO)c1OC. The van der Waals surface area contributed by atoms with Gasteiger partial charge >= 0.3 is 0 Å². The second kappa shape index (κ2) is 6.38. The predicted octanol–water partition coefficient (Wildman–Crippen LogP) is 2.42. The van der Waals surface area contributed by atoms with E-state index in [4.69, 9.17) is 14.6 Å². The van der Waals surface area contributed by atoms with Crippen molar-refractivity contribution in [1.29, 1.82) is 0 Å². The highest BCUT2D eigenvalue weighted by atomic mass is 16.5. The average molecular weight is 223 g/mol. The number of methoxy groups -OCH3 is 1. The fourth-order valence-corrected chi connectivity index (χ4v) is 1.47. The van der Waals surface area contributed by atoms with Crippen LogP contribution in [-0.4, -0.2) is 25.4 Å². The highest BCUT2D eigenvalue weighted by Gasteiger charge is 2.15. The summed E-state index contributed by atoms with van der Waals surface area (Å²) in [6.45, 7) is 4.62. The highest BCUT2D eigenvalue weighted by Crippen LogP contribution is 2.34. The molecule has 0 fully saturated rings. The highest BCUT2D eigenvalue weighted by molar-refractivity contribution is 5.52. The largest absolute Gasteiger partial charge is 0.493 e. The summed E-state index contributed by atoms with van der Waals surface area (Å²) < 4.78 is 10.9. The molecule has 89 valence electrons. The molecule has 0 spiro atoms. The number of hydrogen-bond donors (Lipinski definition) is 1. The maximum absolute atomic E-state index is 9.14. The topological polar surface area (TPSA) is 38.7 Å². The van der Waals surface area contributed by atoms with E-state index in [1.54, 1.807) is 7.11 Å². The minimum Gasteiger partial charge on any atom is -0.493 e. The van der Waals surface area contributed by atoms with Crippen LogP contribution in [0.15, 0.2) is 18.2 Å². The Morgan fingerprint density at radius 1 is 1.38 bits per heavy atom. The molecule has 0 saturated heterocycles. The van der Waals surface area contributed by atoms with Crippen LogP contribution in [0.4, 0.5) is 0 Å². The Balaban J connectivity index is 3.00. The summed E-state index contributed by atoms with van der Waals surface area (Å²) in [5.41, 5.74) is 0.901. The van der Waals surface area contributed by atoms with Crippen molar-refractivity contribution >= 4 is 0 Å².